The van der Waals surface area contributed by atoms with Crippen molar-refractivity contribution in [2.24, 2.45) is 7.05 Å². The van der Waals surface area contributed by atoms with Gasteiger partial charge in [-0.05, 0) is 13.8 Å². The van der Waals surface area contributed by atoms with E-state index in [4.69, 9.17) is 14.6 Å². The molecule has 2 N–H and O–H groups in total. The molecule has 2 aromatic rings. The lowest BCUT2D eigenvalue weighted by Gasteiger charge is -2.28. The van der Waals surface area contributed by atoms with Crippen molar-refractivity contribution >= 4 is 40.8 Å². The van der Waals surface area contributed by atoms with Crippen molar-refractivity contribution in [2.45, 2.75) is 38.1 Å². The molecule has 0 aromatic carbocycles. The van der Waals surface area contributed by atoms with Gasteiger partial charge in [0.15, 0.2) is 16.3 Å². The Hall–Kier alpha value is -3.25. The Kier molecular flexibility index (Phi) is 10.6. The summed E-state index contributed by atoms with van der Waals surface area (Å²) in [7, 11) is 1.69. The fourth-order valence-electron chi connectivity index (χ4n) is 3.13. The van der Waals surface area contributed by atoms with E-state index in [0.717, 1.165) is 32.1 Å². The van der Waals surface area contributed by atoms with Gasteiger partial charge < -0.3 is 20.1 Å². The van der Waals surface area contributed by atoms with Gasteiger partial charge in [0, 0.05) is 39.0 Å². The van der Waals surface area contributed by atoms with Crippen molar-refractivity contribution in [1.82, 2.24) is 24.4 Å². The highest BCUT2D eigenvalue weighted by atomic mass is 32.2. The molecule has 0 aliphatic carbocycles. The van der Waals surface area contributed by atoms with E-state index in [1.54, 1.807) is 20.9 Å². The number of carboxylic acids is 1. The van der Waals surface area contributed by atoms with Gasteiger partial charge in [0.05, 0.1) is 19.6 Å². The van der Waals surface area contributed by atoms with Gasteiger partial charge in [0.25, 0.3) is 5.56 Å². The minimum Gasteiger partial charge on any atom is -0.475 e. The molecule has 0 unspecified atom stereocenters. The van der Waals surface area contributed by atoms with Crippen molar-refractivity contribution in [3.05, 3.63) is 10.4 Å². The van der Waals surface area contributed by atoms with E-state index < -0.39 is 12.1 Å². The standard InChI is InChI=1S/C19H26N6O3S.C2HF3O2/c1-4-6-10-25-15-16(21-18(25)24-11-8-20-9-12-24)22-19(23(3)17(15)27)29-13-7-14(26)28-5-2;3-2(4,5)1(6)7/h20H,5,7-13H2,1-3H3;(H,6,7). The number of carbonyl (C=O) groups excluding carboxylic acids is 1. The molecule has 0 spiro atoms. The lowest BCUT2D eigenvalue weighted by molar-refractivity contribution is -0.192. The number of esters is 1. The molecule has 1 aliphatic heterocycles. The van der Waals surface area contributed by atoms with Crippen LogP contribution in [0.3, 0.4) is 0 Å². The third kappa shape index (κ3) is 7.62. The Morgan fingerprint density at radius 3 is 2.44 bits per heavy atom. The number of imidazole rings is 1. The Morgan fingerprint density at radius 2 is 1.89 bits per heavy atom. The number of nitrogens with zero attached hydrogens (tertiary/aromatic N) is 5. The second kappa shape index (κ2) is 13.2. The van der Waals surface area contributed by atoms with Crippen LogP contribution >= 0.6 is 11.8 Å². The predicted octanol–water partition coefficient (Wildman–Crippen LogP) is 1.24. The molecule has 0 bridgehead atoms. The zero-order chi connectivity index (χ0) is 26.9. The fraction of sp³-hybridized carbons (Fsp3) is 0.571. The van der Waals surface area contributed by atoms with Crippen molar-refractivity contribution in [1.29, 1.82) is 0 Å². The van der Waals surface area contributed by atoms with Crippen LogP contribution < -0.4 is 15.8 Å². The summed E-state index contributed by atoms with van der Waals surface area (Å²) in [5, 5.41) is 11.0. The number of carboxylic acid groups (broad SMARTS) is 1. The Morgan fingerprint density at radius 1 is 1.25 bits per heavy atom. The second-order valence-electron chi connectivity index (χ2n) is 7.30. The number of carbonyl (C=O) groups is 2. The van der Waals surface area contributed by atoms with E-state index in [9.17, 15) is 22.8 Å². The molecular formula is C21H27F3N6O5S. The maximum absolute atomic E-state index is 13.1. The van der Waals surface area contributed by atoms with Gasteiger partial charge in [-0.25, -0.2) is 9.78 Å². The number of nitrogens with one attached hydrogen (secondary N) is 1. The zero-order valence-electron chi connectivity index (χ0n) is 20.0. The van der Waals surface area contributed by atoms with Crippen molar-refractivity contribution in [2.75, 3.05) is 43.4 Å². The number of halogens is 3. The molecule has 3 rings (SSSR count). The van der Waals surface area contributed by atoms with Gasteiger partial charge in [0.1, 0.15) is 0 Å². The first kappa shape index (κ1) is 29.0. The molecular weight excluding hydrogens is 505 g/mol. The highest BCUT2D eigenvalue weighted by Crippen LogP contribution is 2.23. The summed E-state index contributed by atoms with van der Waals surface area (Å²) in [4.78, 5) is 45.0. The molecule has 0 saturated carbocycles. The fourth-order valence-corrected chi connectivity index (χ4v) is 4.01. The molecule has 1 fully saturated rings. The van der Waals surface area contributed by atoms with Crippen molar-refractivity contribution in [3.8, 4) is 11.8 Å². The number of anilines is 1. The number of hydrogen-bond acceptors (Lipinski definition) is 9. The highest BCUT2D eigenvalue weighted by molar-refractivity contribution is 7.99. The number of aliphatic carboxylic acids is 1. The molecule has 1 saturated heterocycles. The minimum atomic E-state index is -5.08. The van der Waals surface area contributed by atoms with Crippen molar-refractivity contribution in [3.63, 3.8) is 0 Å². The van der Waals surface area contributed by atoms with Crippen LogP contribution in [-0.2, 0) is 27.9 Å². The Labute approximate surface area is 209 Å². The normalized spacial score (nSPS) is 13.4. The van der Waals surface area contributed by atoms with Gasteiger partial charge in [0.2, 0.25) is 5.95 Å². The number of rotatable bonds is 7. The van der Waals surface area contributed by atoms with E-state index in [-0.39, 0.29) is 17.9 Å². The van der Waals surface area contributed by atoms with E-state index in [2.05, 4.69) is 32.0 Å². The molecule has 0 amide bonds. The summed E-state index contributed by atoms with van der Waals surface area (Å²) < 4.78 is 40.1. The number of piperazine rings is 1. The van der Waals surface area contributed by atoms with Crippen LogP contribution in [0.15, 0.2) is 9.95 Å². The summed E-state index contributed by atoms with van der Waals surface area (Å²) in [6, 6.07) is 0. The zero-order valence-corrected chi connectivity index (χ0v) is 20.8. The van der Waals surface area contributed by atoms with Crippen molar-refractivity contribution < 1.29 is 32.6 Å². The number of ether oxygens (including phenoxy) is 1. The number of thioether (sulfide) groups is 1. The lowest BCUT2D eigenvalue weighted by Crippen LogP contribution is -2.44. The molecule has 3 heterocycles. The van der Waals surface area contributed by atoms with Gasteiger partial charge in [-0.15, -0.1) is 5.92 Å². The molecule has 11 nitrogen and oxygen atoms in total. The lowest BCUT2D eigenvalue weighted by atomic mass is 10.4. The van der Waals surface area contributed by atoms with E-state index in [1.807, 2.05) is 4.57 Å². The maximum Gasteiger partial charge on any atom is 0.490 e. The average Bonchev–Trinajstić information content (AvgIpc) is 3.19. The van der Waals surface area contributed by atoms with Crippen LogP contribution in [0.2, 0.25) is 0 Å². The number of fused-ring (bicyclic) bond motifs is 1. The topological polar surface area (TPSA) is 132 Å². The maximum atomic E-state index is 13.1. The van der Waals surface area contributed by atoms with E-state index in [0.29, 0.717) is 35.2 Å². The molecule has 36 heavy (non-hydrogen) atoms. The molecule has 15 heteroatoms. The number of aromatic nitrogens is 4. The van der Waals surface area contributed by atoms with Crippen LogP contribution in [0.5, 0.6) is 0 Å². The number of hydrogen-bond donors (Lipinski definition) is 2. The minimum absolute atomic E-state index is 0.166. The summed E-state index contributed by atoms with van der Waals surface area (Å²) >= 11 is 1.35. The summed E-state index contributed by atoms with van der Waals surface area (Å²) in [6.07, 6.45) is -4.82. The van der Waals surface area contributed by atoms with Gasteiger partial charge in [-0.3, -0.25) is 18.7 Å². The highest BCUT2D eigenvalue weighted by Gasteiger charge is 2.38. The van der Waals surface area contributed by atoms with E-state index >= 15 is 0 Å². The van der Waals surface area contributed by atoms with Crippen LogP contribution in [0.25, 0.3) is 11.2 Å². The summed E-state index contributed by atoms with van der Waals surface area (Å²) in [5.41, 5.74) is 0.706. The summed E-state index contributed by atoms with van der Waals surface area (Å²) in [5.74, 6) is 4.12. The molecule has 1 aliphatic rings. The second-order valence-corrected chi connectivity index (χ2v) is 8.36. The SMILES string of the molecule is CC#CCn1c(N2CCNCC2)nc2nc(SCCC(=O)OCC)n(C)c(=O)c21.O=C(O)C(F)(F)F. The first-order chi connectivity index (χ1) is 17.0. The third-order valence-corrected chi connectivity index (χ3v) is 5.86. The smallest absolute Gasteiger partial charge is 0.475 e. The van der Waals surface area contributed by atoms with Gasteiger partial charge >= 0.3 is 18.1 Å². The van der Waals surface area contributed by atoms with E-state index in [1.165, 1.54) is 16.3 Å². The predicted molar refractivity (Wildman–Crippen MR) is 127 cm³/mol. The summed E-state index contributed by atoms with van der Waals surface area (Å²) in [6.45, 7) is 7.65. The molecule has 0 radical (unpaired) electrons. The molecule has 0 atom stereocenters. The Bertz CT molecular complexity index is 1200. The van der Waals surface area contributed by atoms with Crippen LogP contribution in [0, 0.1) is 11.8 Å². The van der Waals surface area contributed by atoms with Gasteiger partial charge in [-0.1, -0.05) is 17.7 Å². The third-order valence-electron chi connectivity index (χ3n) is 4.82. The first-order valence-electron chi connectivity index (χ1n) is 10.9. The Balaban J connectivity index is 0.000000572. The largest absolute Gasteiger partial charge is 0.490 e. The van der Waals surface area contributed by atoms with Crippen LogP contribution in [0.4, 0.5) is 19.1 Å². The molecule has 198 valence electrons. The monoisotopic (exact) mass is 532 g/mol. The quantitative estimate of drug-likeness (QED) is 0.232. The first-order valence-corrected chi connectivity index (χ1v) is 11.9. The van der Waals surface area contributed by atoms with Gasteiger partial charge in [-0.2, -0.15) is 18.2 Å². The molecule has 2 aromatic heterocycles. The average molecular weight is 533 g/mol. The van der Waals surface area contributed by atoms with Crippen LogP contribution in [0.1, 0.15) is 20.3 Å². The van der Waals surface area contributed by atoms with Crippen LogP contribution in [-0.4, -0.2) is 80.9 Å². The number of alkyl halides is 3.